The largest absolute Gasteiger partial charge is 0.382 e. The maximum atomic E-state index is 13.9. The predicted molar refractivity (Wildman–Crippen MR) is 80.0 cm³/mol. The van der Waals surface area contributed by atoms with Crippen LogP contribution in [0.25, 0.3) is 22.0 Å². The lowest BCUT2D eigenvalue weighted by atomic mass is 9.95. The number of rotatable bonds is 2. The Bertz CT molecular complexity index is 774. The van der Waals surface area contributed by atoms with Crippen LogP contribution in [0.2, 0.25) is 0 Å². The van der Waals surface area contributed by atoms with Crippen molar-refractivity contribution in [3.05, 3.63) is 47.8 Å². The smallest absolute Gasteiger partial charge is 0.149 e. The zero-order valence-corrected chi connectivity index (χ0v) is 11.4. The molecule has 0 unspecified atom stereocenters. The number of nitrogen functional groups attached to an aromatic ring is 1. The lowest BCUT2D eigenvalue weighted by Gasteiger charge is -2.10. The number of aromatic amines is 1. The highest BCUT2D eigenvalue weighted by atomic mass is 19.1. The molecule has 0 saturated carbocycles. The van der Waals surface area contributed by atoms with Gasteiger partial charge in [-0.05, 0) is 23.4 Å². The van der Waals surface area contributed by atoms with Gasteiger partial charge in [0.25, 0.3) is 0 Å². The van der Waals surface area contributed by atoms with Gasteiger partial charge in [-0.15, -0.1) is 0 Å². The summed E-state index contributed by atoms with van der Waals surface area (Å²) in [6.07, 6.45) is 0. The predicted octanol–water partition coefficient (Wildman–Crippen LogP) is 4.07. The summed E-state index contributed by atoms with van der Waals surface area (Å²) in [4.78, 5) is 0. The van der Waals surface area contributed by atoms with Crippen LogP contribution in [0.5, 0.6) is 0 Å². The number of benzene rings is 2. The van der Waals surface area contributed by atoms with Crippen molar-refractivity contribution < 1.29 is 4.39 Å². The van der Waals surface area contributed by atoms with Crippen LogP contribution in [-0.4, -0.2) is 10.2 Å². The van der Waals surface area contributed by atoms with Gasteiger partial charge in [0.15, 0.2) is 0 Å². The first-order chi connectivity index (χ1) is 9.59. The van der Waals surface area contributed by atoms with E-state index in [0.29, 0.717) is 11.2 Å². The number of nitrogens with one attached hydrogen (secondary N) is 1. The summed E-state index contributed by atoms with van der Waals surface area (Å²) < 4.78 is 13.9. The van der Waals surface area contributed by atoms with Crippen molar-refractivity contribution in [3.8, 4) is 11.3 Å². The van der Waals surface area contributed by atoms with E-state index in [2.05, 4.69) is 24.0 Å². The molecule has 1 aromatic heterocycles. The fourth-order valence-corrected chi connectivity index (χ4v) is 2.63. The molecule has 0 aliphatic rings. The van der Waals surface area contributed by atoms with Gasteiger partial charge in [-0.2, -0.15) is 5.10 Å². The molecule has 20 heavy (non-hydrogen) atoms. The van der Waals surface area contributed by atoms with Crippen LogP contribution in [0.4, 0.5) is 10.2 Å². The summed E-state index contributed by atoms with van der Waals surface area (Å²) in [6, 6.07) is 10.7. The molecule has 0 atom stereocenters. The van der Waals surface area contributed by atoms with Crippen molar-refractivity contribution >= 4 is 16.6 Å². The number of aromatic nitrogens is 2. The standard InChI is InChI=1S/C16H16FN3/c1-9(2)14-15(19-20-16(14)18)12-7-8-13(17)11-6-4-3-5-10(11)12/h3-9H,1-2H3,(H3,18,19,20). The van der Waals surface area contributed by atoms with Gasteiger partial charge >= 0.3 is 0 Å². The molecule has 0 saturated heterocycles. The number of H-pyrrole nitrogens is 1. The molecule has 0 aliphatic heterocycles. The van der Waals surface area contributed by atoms with E-state index in [1.165, 1.54) is 6.07 Å². The summed E-state index contributed by atoms with van der Waals surface area (Å²) >= 11 is 0. The Morgan fingerprint density at radius 1 is 1.10 bits per heavy atom. The van der Waals surface area contributed by atoms with Gasteiger partial charge in [0.1, 0.15) is 11.6 Å². The lowest BCUT2D eigenvalue weighted by molar-refractivity contribution is 0.640. The van der Waals surface area contributed by atoms with Gasteiger partial charge in [0, 0.05) is 16.5 Å². The Balaban J connectivity index is 2.34. The van der Waals surface area contributed by atoms with E-state index < -0.39 is 0 Å². The Labute approximate surface area is 116 Å². The van der Waals surface area contributed by atoms with Crippen LogP contribution in [0.15, 0.2) is 36.4 Å². The van der Waals surface area contributed by atoms with Crippen LogP contribution < -0.4 is 5.73 Å². The minimum absolute atomic E-state index is 0.220. The number of halogens is 1. The highest BCUT2D eigenvalue weighted by molar-refractivity contribution is 5.97. The third kappa shape index (κ3) is 1.84. The number of anilines is 1. The Morgan fingerprint density at radius 2 is 1.80 bits per heavy atom. The maximum Gasteiger partial charge on any atom is 0.149 e. The van der Waals surface area contributed by atoms with Crippen molar-refractivity contribution in [1.29, 1.82) is 0 Å². The zero-order chi connectivity index (χ0) is 14.3. The Kier molecular flexibility index (Phi) is 2.93. The zero-order valence-electron chi connectivity index (χ0n) is 11.4. The highest BCUT2D eigenvalue weighted by Gasteiger charge is 2.18. The minimum atomic E-state index is -0.220. The van der Waals surface area contributed by atoms with E-state index in [1.807, 2.05) is 18.2 Å². The highest BCUT2D eigenvalue weighted by Crippen LogP contribution is 2.35. The second-order valence-corrected chi connectivity index (χ2v) is 5.19. The second-order valence-electron chi connectivity index (χ2n) is 5.19. The molecule has 0 fully saturated rings. The van der Waals surface area contributed by atoms with Gasteiger partial charge in [-0.1, -0.05) is 38.1 Å². The number of fused-ring (bicyclic) bond motifs is 1. The summed E-state index contributed by atoms with van der Waals surface area (Å²) in [7, 11) is 0. The fourth-order valence-electron chi connectivity index (χ4n) is 2.63. The first kappa shape index (κ1) is 12.7. The molecule has 0 bridgehead atoms. The third-order valence-corrected chi connectivity index (χ3v) is 3.55. The monoisotopic (exact) mass is 269 g/mol. The van der Waals surface area contributed by atoms with Crippen LogP contribution in [-0.2, 0) is 0 Å². The van der Waals surface area contributed by atoms with Crippen molar-refractivity contribution in [3.63, 3.8) is 0 Å². The van der Waals surface area contributed by atoms with Crippen molar-refractivity contribution in [2.75, 3.05) is 5.73 Å². The first-order valence-electron chi connectivity index (χ1n) is 6.61. The Morgan fingerprint density at radius 3 is 2.50 bits per heavy atom. The molecule has 2 aromatic carbocycles. The quantitative estimate of drug-likeness (QED) is 0.736. The van der Waals surface area contributed by atoms with Gasteiger partial charge in [-0.25, -0.2) is 4.39 Å². The number of hydrogen-bond acceptors (Lipinski definition) is 2. The molecule has 0 spiro atoms. The van der Waals surface area contributed by atoms with E-state index in [1.54, 1.807) is 12.1 Å². The van der Waals surface area contributed by atoms with Crippen molar-refractivity contribution in [2.24, 2.45) is 0 Å². The minimum Gasteiger partial charge on any atom is -0.382 e. The lowest BCUT2D eigenvalue weighted by Crippen LogP contribution is -1.96. The molecule has 4 heteroatoms. The number of nitrogens with zero attached hydrogens (tertiary/aromatic N) is 1. The second kappa shape index (κ2) is 4.63. The van der Waals surface area contributed by atoms with Crippen molar-refractivity contribution in [1.82, 2.24) is 10.2 Å². The average molecular weight is 269 g/mol. The number of hydrogen-bond donors (Lipinski definition) is 2. The van der Waals surface area contributed by atoms with Gasteiger partial charge in [-0.3, -0.25) is 5.10 Å². The van der Waals surface area contributed by atoms with E-state index >= 15 is 0 Å². The van der Waals surface area contributed by atoms with E-state index in [0.717, 1.165) is 22.2 Å². The molecule has 102 valence electrons. The molecular weight excluding hydrogens is 253 g/mol. The summed E-state index contributed by atoms with van der Waals surface area (Å²) in [5.74, 6) is 0.527. The third-order valence-electron chi connectivity index (χ3n) is 3.55. The van der Waals surface area contributed by atoms with E-state index in [4.69, 9.17) is 5.73 Å². The van der Waals surface area contributed by atoms with E-state index in [9.17, 15) is 4.39 Å². The summed E-state index contributed by atoms with van der Waals surface area (Å²) in [5, 5.41) is 8.55. The summed E-state index contributed by atoms with van der Waals surface area (Å²) in [5.41, 5.74) is 8.71. The maximum absolute atomic E-state index is 13.9. The molecule has 0 radical (unpaired) electrons. The molecule has 3 N–H and O–H groups in total. The van der Waals surface area contributed by atoms with Gasteiger partial charge in [0.2, 0.25) is 0 Å². The molecule has 0 aliphatic carbocycles. The molecule has 3 aromatic rings. The van der Waals surface area contributed by atoms with E-state index in [-0.39, 0.29) is 11.7 Å². The van der Waals surface area contributed by atoms with Crippen LogP contribution >= 0.6 is 0 Å². The normalized spacial score (nSPS) is 11.4. The average Bonchev–Trinajstić information content (AvgIpc) is 2.81. The first-order valence-corrected chi connectivity index (χ1v) is 6.61. The molecular formula is C16H16FN3. The van der Waals surface area contributed by atoms with Crippen LogP contribution in [0, 0.1) is 5.82 Å². The topological polar surface area (TPSA) is 54.7 Å². The summed E-state index contributed by atoms with van der Waals surface area (Å²) in [6.45, 7) is 4.13. The van der Waals surface area contributed by atoms with Crippen molar-refractivity contribution in [2.45, 2.75) is 19.8 Å². The fraction of sp³-hybridized carbons (Fsp3) is 0.188. The molecule has 3 nitrogen and oxygen atoms in total. The molecule has 1 heterocycles. The number of nitrogens with two attached hydrogens (primary N) is 1. The Hall–Kier alpha value is -2.36. The SMILES string of the molecule is CC(C)c1c(N)n[nH]c1-c1ccc(F)c2ccccc12. The van der Waals surface area contributed by atoms with Gasteiger partial charge in [0.05, 0.1) is 5.69 Å². The van der Waals surface area contributed by atoms with Gasteiger partial charge < -0.3 is 5.73 Å². The van der Waals surface area contributed by atoms with Crippen LogP contribution in [0.3, 0.4) is 0 Å². The molecule has 0 amide bonds. The molecule has 3 rings (SSSR count). The van der Waals surface area contributed by atoms with Crippen LogP contribution in [0.1, 0.15) is 25.3 Å².